The summed E-state index contributed by atoms with van der Waals surface area (Å²) in [6.45, 7) is 0. The molecule has 0 radical (unpaired) electrons. The maximum absolute atomic E-state index is 13.2. The van der Waals surface area contributed by atoms with Gasteiger partial charge in [-0.1, -0.05) is 66.7 Å². The Morgan fingerprint density at radius 2 is 0.966 bits per heavy atom. The quantitative estimate of drug-likeness (QED) is 0.508. The molecule has 142 valence electrons. The standard InChI is InChI=1S/C23H16N2O4/c26-20(16-10-4-1-5-11-16)19-21(27)24(17-12-6-2-7-13-17)23(29)25(22(19)28)18-14-8-3-9-15-18/h1-15,19H. The average molecular weight is 384 g/mol. The third-order valence-corrected chi connectivity index (χ3v) is 4.67. The van der Waals surface area contributed by atoms with E-state index < -0.39 is 29.5 Å². The topological polar surface area (TPSA) is 74.8 Å². The fourth-order valence-corrected chi connectivity index (χ4v) is 3.28. The molecule has 0 N–H and O–H groups in total. The van der Waals surface area contributed by atoms with E-state index in [2.05, 4.69) is 0 Å². The molecular weight excluding hydrogens is 368 g/mol. The number of carbonyl (C=O) groups is 4. The van der Waals surface area contributed by atoms with Gasteiger partial charge in [-0.3, -0.25) is 14.4 Å². The zero-order valence-electron chi connectivity index (χ0n) is 15.3. The van der Waals surface area contributed by atoms with Crippen LogP contribution in [0.25, 0.3) is 0 Å². The predicted octanol–water partition coefficient (Wildman–Crippen LogP) is 3.69. The molecule has 1 fully saturated rings. The molecule has 29 heavy (non-hydrogen) atoms. The maximum atomic E-state index is 13.2. The van der Waals surface area contributed by atoms with E-state index in [1.807, 2.05) is 0 Å². The van der Waals surface area contributed by atoms with E-state index in [0.717, 1.165) is 9.80 Å². The Balaban J connectivity index is 1.84. The van der Waals surface area contributed by atoms with Gasteiger partial charge in [0.05, 0.1) is 11.4 Å². The molecule has 0 bridgehead atoms. The number of hydrogen-bond donors (Lipinski definition) is 0. The third-order valence-electron chi connectivity index (χ3n) is 4.67. The Labute approximate surface area is 167 Å². The third kappa shape index (κ3) is 3.21. The Kier molecular flexibility index (Phi) is 4.75. The molecule has 1 aliphatic heterocycles. The van der Waals surface area contributed by atoms with Gasteiger partial charge in [0.2, 0.25) is 0 Å². The summed E-state index contributed by atoms with van der Waals surface area (Å²) in [6.07, 6.45) is 0. The molecule has 0 unspecified atom stereocenters. The fourth-order valence-electron chi connectivity index (χ4n) is 3.28. The van der Waals surface area contributed by atoms with Crippen molar-refractivity contribution in [3.05, 3.63) is 96.6 Å². The van der Waals surface area contributed by atoms with Crippen LogP contribution in [0, 0.1) is 5.92 Å². The lowest BCUT2D eigenvalue weighted by atomic mass is 9.92. The second-order valence-electron chi connectivity index (χ2n) is 6.46. The summed E-state index contributed by atoms with van der Waals surface area (Å²) in [5.74, 6) is -4.00. The number of amides is 4. The van der Waals surface area contributed by atoms with Gasteiger partial charge in [-0.25, -0.2) is 14.6 Å². The highest BCUT2D eigenvalue weighted by atomic mass is 16.2. The predicted molar refractivity (Wildman–Crippen MR) is 108 cm³/mol. The first-order valence-corrected chi connectivity index (χ1v) is 9.01. The zero-order chi connectivity index (χ0) is 20.4. The zero-order valence-corrected chi connectivity index (χ0v) is 15.3. The number of para-hydroxylation sites is 2. The van der Waals surface area contributed by atoms with Crippen LogP contribution in [0.1, 0.15) is 10.4 Å². The van der Waals surface area contributed by atoms with Crippen LogP contribution in [0.3, 0.4) is 0 Å². The van der Waals surface area contributed by atoms with Gasteiger partial charge >= 0.3 is 6.03 Å². The van der Waals surface area contributed by atoms with Gasteiger partial charge in [0, 0.05) is 5.56 Å². The number of hydrogen-bond acceptors (Lipinski definition) is 4. The molecule has 0 aliphatic carbocycles. The minimum Gasteiger partial charge on any atom is -0.293 e. The lowest BCUT2D eigenvalue weighted by Crippen LogP contribution is -2.62. The molecule has 0 saturated carbocycles. The Morgan fingerprint density at radius 1 is 0.586 bits per heavy atom. The highest BCUT2D eigenvalue weighted by Gasteiger charge is 2.50. The highest BCUT2D eigenvalue weighted by molar-refractivity contribution is 6.43. The van der Waals surface area contributed by atoms with Crippen molar-refractivity contribution >= 4 is 35.0 Å². The van der Waals surface area contributed by atoms with Crippen molar-refractivity contribution in [3.63, 3.8) is 0 Å². The summed E-state index contributed by atoms with van der Waals surface area (Å²) in [4.78, 5) is 54.4. The van der Waals surface area contributed by atoms with Gasteiger partial charge in [0.25, 0.3) is 11.8 Å². The van der Waals surface area contributed by atoms with Crippen LogP contribution in [0.2, 0.25) is 0 Å². The number of nitrogens with zero attached hydrogens (tertiary/aromatic N) is 2. The van der Waals surface area contributed by atoms with Crippen LogP contribution >= 0.6 is 0 Å². The molecule has 1 heterocycles. The largest absolute Gasteiger partial charge is 0.342 e. The molecule has 4 amide bonds. The number of ketones is 1. The fraction of sp³-hybridized carbons (Fsp3) is 0.0435. The monoisotopic (exact) mass is 384 g/mol. The van der Waals surface area contributed by atoms with Crippen molar-refractivity contribution in [1.29, 1.82) is 0 Å². The minimum absolute atomic E-state index is 0.231. The SMILES string of the molecule is O=C(c1ccccc1)C1C(=O)N(c2ccccc2)C(=O)N(c2ccccc2)C1=O. The van der Waals surface area contributed by atoms with Gasteiger partial charge in [-0.2, -0.15) is 0 Å². The van der Waals surface area contributed by atoms with Crippen molar-refractivity contribution in [2.45, 2.75) is 0 Å². The lowest BCUT2D eigenvalue weighted by molar-refractivity contribution is -0.130. The molecule has 0 spiro atoms. The van der Waals surface area contributed by atoms with Crippen LogP contribution in [0.15, 0.2) is 91.0 Å². The van der Waals surface area contributed by atoms with Crippen LogP contribution in [0.4, 0.5) is 16.2 Å². The molecule has 6 nitrogen and oxygen atoms in total. The van der Waals surface area contributed by atoms with E-state index >= 15 is 0 Å². The van der Waals surface area contributed by atoms with Gasteiger partial charge in [-0.15, -0.1) is 0 Å². The van der Waals surface area contributed by atoms with Crippen molar-refractivity contribution in [2.24, 2.45) is 5.92 Å². The number of benzene rings is 3. The molecule has 0 aromatic heterocycles. The van der Waals surface area contributed by atoms with Crippen molar-refractivity contribution in [2.75, 3.05) is 9.80 Å². The number of imide groups is 2. The second kappa shape index (κ2) is 7.52. The molecular formula is C23H16N2O4. The number of anilines is 2. The first-order valence-electron chi connectivity index (χ1n) is 9.01. The van der Waals surface area contributed by atoms with Crippen molar-refractivity contribution in [1.82, 2.24) is 0 Å². The smallest absolute Gasteiger partial charge is 0.293 e. The highest BCUT2D eigenvalue weighted by Crippen LogP contribution is 2.30. The van der Waals surface area contributed by atoms with E-state index in [0.29, 0.717) is 11.4 Å². The van der Waals surface area contributed by atoms with Crippen LogP contribution in [-0.2, 0) is 9.59 Å². The maximum Gasteiger partial charge on any atom is 0.342 e. The van der Waals surface area contributed by atoms with E-state index in [-0.39, 0.29) is 5.56 Å². The molecule has 4 rings (SSSR count). The molecule has 3 aromatic rings. The van der Waals surface area contributed by atoms with Crippen molar-refractivity contribution in [3.8, 4) is 0 Å². The second-order valence-corrected chi connectivity index (χ2v) is 6.46. The van der Waals surface area contributed by atoms with Gasteiger partial charge < -0.3 is 0 Å². The van der Waals surface area contributed by atoms with E-state index in [1.54, 1.807) is 91.0 Å². The van der Waals surface area contributed by atoms with E-state index in [1.165, 1.54) is 0 Å². The molecule has 1 saturated heterocycles. The van der Waals surface area contributed by atoms with E-state index in [4.69, 9.17) is 0 Å². The van der Waals surface area contributed by atoms with E-state index in [9.17, 15) is 19.2 Å². The summed E-state index contributed by atoms with van der Waals surface area (Å²) in [7, 11) is 0. The Hall–Kier alpha value is -4.06. The van der Waals surface area contributed by atoms with Gasteiger partial charge in [0.1, 0.15) is 0 Å². The Morgan fingerprint density at radius 3 is 1.38 bits per heavy atom. The first kappa shape index (κ1) is 18.3. The van der Waals surface area contributed by atoms with Crippen LogP contribution in [0.5, 0.6) is 0 Å². The summed E-state index contributed by atoms with van der Waals surface area (Å²) in [6, 6.07) is 23.8. The van der Waals surface area contributed by atoms with Crippen molar-refractivity contribution < 1.29 is 19.2 Å². The first-order chi connectivity index (χ1) is 14.1. The number of carbonyl (C=O) groups excluding carboxylic acids is 4. The number of Topliss-reactive ketones (excluding diaryl/α,β-unsaturated/α-hetero) is 1. The molecule has 3 aromatic carbocycles. The number of rotatable bonds is 4. The summed E-state index contributed by atoms with van der Waals surface area (Å²) in [5, 5.41) is 0. The molecule has 0 atom stereocenters. The molecule has 1 aliphatic rings. The van der Waals surface area contributed by atoms with Gasteiger partial charge in [0.15, 0.2) is 11.7 Å². The van der Waals surface area contributed by atoms with Crippen LogP contribution < -0.4 is 9.80 Å². The Bertz CT molecular complexity index is 1020. The summed E-state index contributed by atoms with van der Waals surface area (Å²) >= 11 is 0. The van der Waals surface area contributed by atoms with Crippen LogP contribution in [-0.4, -0.2) is 23.6 Å². The van der Waals surface area contributed by atoms with Gasteiger partial charge in [-0.05, 0) is 24.3 Å². The molecule has 6 heteroatoms. The normalized spacial score (nSPS) is 15.0. The average Bonchev–Trinajstić information content (AvgIpc) is 2.76. The number of barbiturate groups is 1. The minimum atomic E-state index is -1.64. The number of urea groups is 1. The summed E-state index contributed by atoms with van der Waals surface area (Å²) < 4.78 is 0. The summed E-state index contributed by atoms with van der Waals surface area (Å²) in [5.41, 5.74) is 0.818. The lowest BCUT2D eigenvalue weighted by Gasteiger charge is -2.36.